The molecule has 0 aliphatic heterocycles. The van der Waals surface area contributed by atoms with Crippen molar-refractivity contribution in [2.75, 3.05) is 0 Å². The van der Waals surface area contributed by atoms with E-state index in [9.17, 15) is 59.7 Å². The number of rotatable bonds is 8. The van der Waals surface area contributed by atoms with Gasteiger partial charge < -0.3 is 41.9 Å². The minimum Gasteiger partial charge on any atom is -0.507 e. The summed E-state index contributed by atoms with van der Waals surface area (Å²) in [5.74, 6) is -8.60. The van der Waals surface area contributed by atoms with Crippen LogP contribution in [0.15, 0.2) is 83.5 Å². The van der Waals surface area contributed by atoms with Gasteiger partial charge in [-0.05, 0) is 76.4 Å². The Balaban J connectivity index is 0.00000506. The zero-order valence-corrected chi connectivity index (χ0v) is 21.9. The van der Waals surface area contributed by atoms with Gasteiger partial charge in [0.1, 0.15) is 39.5 Å². The number of carboxylic acids is 4. The Morgan fingerprint density at radius 2 is 1.02 bits per heavy atom. The zero-order valence-electron chi connectivity index (χ0n) is 21.9. The van der Waals surface area contributed by atoms with E-state index in [-0.39, 0.29) is 46.0 Å². The van der Waals surface area contributed by atoms with Crippen LogP contribution in [0.25, 0.3) is 5.57 Å². The molecule has 0 unspecified atom stereocenters. The van der Waals surface area contributed by atoms with E-state index in [0.29, 0.717) is 0 Å². The van der Waals surface area contributed by atoms with Crippen LogP contribution in [0.5, 0.6) is 17.2 Å². The van der Waals surface area contributed by atoms with E-state index in [1.165, 1.54) is 24.3 Å². The molecule has 0 fully saturated rings. The van der Waals surface area contributed by atoms with Crippen molar-refractivity contribution in [3.05, 3.63) is 117 Å². The molecule has 0 atom stereocenters. The summed E-state index contributed by atoms with van der Waals surface area (Å²) < 4.78 is 0. The van der Waals surface area contributed by atoms with Gasteiger partial charge >= 0.3 is 23.9 Å². The molecular weight excluding hydrogens is 566 g/mol. The molecule has 0 radical (unpaired) electrons. The Bertz CT molecular complexity index is 1750. The molecule has 3 aromatic carbocycles. The molecule has 0 saturated carbocycles. The number of benzene rings is 3. The van der Waals surface area contributed by atoms with Crippen LogP contribution in [0.1, 0.15) is 47.8 Å². The monoisotopic (exact) mass is 589 g/mol. The number of aliphatic carboxylic acids is 1. The van der Waals surface area contributed by atoms with Crippen LogP contribution >= 0.6 is 0 Å². The van der Waals surface area contributed by atoms with E-state index in [0.717, 1.165) is 42.5 Å². The third-order valence-electron chi connectivity index (χ3n) is 6.40. The molecule has 13 heteroatoms. The maximum atomic E-state index is 13.1. The Morgan fingerprint density at radius 1 is 0.581 bits per heavy atom. The summed E-state index contributed by atoms with van der Waals surface area (Å²) >= 11 is 0. The second kappa shape index (κ2) is 12.1. The summed E-state index contributed by atoms with van der Waals surface area (Å²) in [6, 6.07) is 10.5. The maximum Gasteiger partial charge on any atom is 0.339 e. The van der Waals surface area contributed by atoms with E-state index in [1.54, 1.807) is 0 Å². The lowest BCUT2D eigenvalue weighted by molar-refractivity contribution is -0.134. The number of aromatic carboxylic acids is 3. The van der Waals surface area contributed by atoms with E-state index in [4.69, 9.17) is 0 Å². The van der Waals surface area contributed by atoms with Crippen LogP contribution < -0.4 is 6.15 Å². The summed E-state index contributed by atoms with van der Waals surface area (Å²) in [5.41, 5.74) is -1.78. The molecule has 0 aromatic heterocycles. The topological polar surface area (TPSA) is 262 Å². The number of hydrogen-bond donors (Lipinski definition) is 8. The highest BCUT2D eigenvalue weighted by Gasteiger charge is 2.28. The zero-order chi connectivity index (χ0) is 30.9. The van der Waals surface area contributed by atoms with Crippen molar-refractivity contribution in [3.63, 3.8) is 0 Å². The number of carboxylic acid groups (broad SMARTS) is 4. The normalized spacial score (nSPS) is 12.5. The average Bonchev–Trinajstić information content (AvgIpc) is 2.92. The average molecular weight is 590 g/mol. The van der Waals surface area contributed by atoms with Crippen LogP contribution in [-0.4, -0.2) is 65.4 Å². The van der Waals surface area contributed by atoms with E-state index in [1.807, 2.05) is 0 Å². The number of phenols is 3. The fourth-order valence-electron chi connectivity index (χ4n) is 4.43. The molecule has 220 valence electrons. The fraction of sp³-hybridized carbons (Fsp3) is 0.0333. The van der Waals surface area contributed by atoms with Crippen molar-refractivity contribution in [3.8, 4) is 17.2 Å². The molecular formula is C30H23NO12. The van der Waals surface area contributed by atoms with Crippen LogP contribution in [0.4, 0.5) is 0 Å². The Hall–Kier alpha value is -6.21. The molecule has 1 aliphatic rings. The fourth-order valence-corrected chi connectivity index (χ4v) is 4.43. The van der Waals surface area contributed by atoms with Crippen LogP contribution in [0.2, 0.25) is 0 Å². The van der Waals surface area contributed by atoms with Crippen molar-refractivity contribution < 1.29 is 59.7 Å². The first-order valence-electron chi connectivity index (χ1n) is 11.9. The first kappa shape index (κ1) is 31.3. The number of carbonyl (C=O) groups is 5. The molecule has 10 N–H and O–H groups in total. The summed E-state index contributed by atoms with van der Waals surface area (Å²) in [4.78, 5) is 60.2. The molecule has 1 aliphatic carbocycles. The Kier molecular flexibility index (Phi) is 8.83. The Morgan fingerprint density at radius 3 is 1.47 bits per heavy atom. The number of hydrogen-bond acceptors (Lipinski definition) is 9. The standard InChI is InChI=1S/C30H20O12.H3N/c31-22-4-1-13(8-18(22)27(35)36)7-17-9-16(12-21(26(17)34)30(41)42)25(14-2-5-23(32)19(10-14)28(37)38)15-3-6-24(33)20(11-15)29(39)40;/h1-6,8-12,31-33H,7H2,(H,35,36)(H,37,38)(H,39,40)(H,41,42);1H3. The molecule has 0 bridgehead atoms. The number of aromatic hydroxyl groups is 3. The smallest absolute Gasteiger partial charge is 0.339 e. The van der Waals surface area contributed by atoms with Gasteiger partial charge in [0.15, 0.2) is 5.78 Å². The van der Waals surface area contributed by atoms with Gasteiger partial charge in [-0.15, -0.1) is 0 Å². The van der Waals surface area contributed by atoms with Gasteiger partial charge in [0.2, 0.25) is 0 Å². The predicted octanol–water partition coefficient (Wildman–Crippen LogP) is 3.62. The van der Waals surface area contributed by atoms with Gasteiger partial charge in [0.05, 0.1) is 0 Å². The van der Waals surface area contributed by atoms with E-state index < -0.39 is 69.2 Å². The lowest BCUT2D eigenvalue weighted by Crippen LogP contribution is -2.19. The minimum absolute atomic E-state index is 0. The summed E-state index contributed by atoms with van der Waals surface area (Å²) in [6.45, 7) is 0. The molecule has 0 saturated heterocycles. The van der Waals surface area contributed by atoms with Crippen LogP contribution in [0.3, 0.4) is 0 Å². The van der Waals surface area contributed by atoms with Gasteiger partial charge in [0.25, 0.3) is 0 Å². The van der Waals surface area contributed by atoms with Gasteiger partial charge in [-0.2, -0.15) is 0 Å². The van der Waals surface area contributed by atoms with Crippen molar-refractivity contribution in [1.29, 1.82) is 0 Å². The second-order valence-corrected chi connectivity index (χ2v) is 9.10. The molecule has 0 amide bonds. The van der Waals surface area contributed by atoms with Crippen molar-refractivity contribution >= 4 is 35.2 Å². The molecule has 0 spiro atoms. The Labute approximate surface area is 241 Å². The van der Waals surface area contributed by atoms with Gasteiger partial charge in [-0.3, -0.25) is 4.79 Å². The quantitative estimate of drug-likeness (QED) is 0.175. The van der Waals surface area contributed by atoms with Crippen molar-refractivity contribution in [2.45, 2.75) is 6.42 Å². The summed E-state index contributed by atoms with van der Waals surface area (Å²) in [6.07, 6.45) is 2.04. The molecule has 43 heavy (non-hydrogen) atoms. The van der Waals surface area contributed by atoms with Crippen LogP contribution in [-0.2, 0) is 16.0 Å². The number of ketones is 1. The molecule has 3 aromatic rings. The number of Topliss-reactive ketones (excluding diaryl/α,β-unsaturated/α-hetero) is 1. The van der Waals surface area contributed by atoms with Gasteiger partial charge in [0, 0.05) is 12.0 Å². The van der Waals surface area contributed by atoms with E-state index >= 15 is 0 Å². The highest BCUT2D eigenvalue weighted by atomic mass is 16.4. The predicted molar refractivity (Wildman–Crippen MR) is 149 cm³/mol. The number of carbonyl (C=O) groups excluding carboxylic acids is 1. The third-order valence-corrected chi connectivity index (χ3v) is 6.40. The van der Waals surface area contributed by atoms with Crippen molar-refractivity contribution in [2.24, 2.45) is 0 Å². The second-order valence-electron chi connectivity index (χ2n) is 9.10. The molecule has 4 rings (SSSR count). The number of allylic oxidation sites excluding steroid dienone is 4. The maximum absolute atomic E-state index is 13.1. The SMILES string of the molecule is N.O=C(O)C1=CC(=C(c2ccc(O)c(C(=O)O)c2)c2ccc(O)c(C(=O)O)c2)C=C(Cc2ccc(O)c(C(=O)O)c2)C1=O. The highest BCUT2D eigenvalue weighted by molar-refractivity contribution is 6.25. The third kappa shape index (κ3) is 6.26. The molecule has 0 heterocycles. The van der Waals surface area contributed by atoms with Crippen molar-refractivity contribution in [1.82, 2.24) is 6.15 Å². The highest BCUT2D eigenvalue weighted by Crippen LogP contribution is 2.36. The minimum atomic E-state index is -1.60. The van der Waals surface area contributed by atoms with Gasteiger partial charge in [-0.25, -0.2) is 19.2 Å². The lowest BCUT2D eigenvalue weighted by Gasteiger charge is -2.19. The first-order chi connectivity index (χ1) is 19.8. The van der Waals surface area contributed by atoms with Crippen LogP contribution in [0, 0.1) is 0 Å². The van der Waals surface area contributed by atoms with Gasteiger partial charge in [-0.1, -0.05) is 18.2 Å². The van der Waals surface area contributed by atoms with E-state index in [2.05, 4.69) is 0 Å². The summed E-state index contributed by atoms with van der Waals surface area (Å²) in [5, 5.41) is 68.2. The lowest BCUT2D eigenvalue weighted by atomic mass is 9.83. The largest absolute Gasteiger partial charge is 0.507 e. The first-order valence-corrected chi connectivity index (χ1v) is 11.9. The molecule has 13 nitrogen and oxygen atoms in total. The summed E-state index contributed by atoms with van der Waals surface area (Å²) in [7, 11) is 0.